The van der Waals surface area contributed by atoms with Crippen LogP contribution in [0.1, 0.15) is 24.8 Å². The number of aromatic nitrogens is 1. The quantitative estimate of drug-likeness (QED) is 0.935. The number of nitrogens with one attached hydrogen (secondary N) is 1. The van der Waals surface area contributed by atoms with Gasteiger partial charge in [-0.25, -0.2) is 4.98 Å². The molecule has 0 unspecified atom stereocenters. The van der Waals surface area contributed by atoms with Crippen LogP contribution in [-0.2, 0) is 11.3 Å². The molecule has 1 saturated heterocycles. The van der Waals surface area contributed by atoms with Crippen molar-refractivity contribution >= 4 is 11.3 Å². The molecule has 20 heavy (non-hydrogen) atoms. The van der Waals surface area contributed by atoms with Crippen LogP contribution in [0, 0.1) is 0 Å². The van der Waals surface area contributed by atoms with Crippen LogP contribution < -0.4 is 5.32 Å². The van der Waals surface area contributed by atoms with Gasteiger partial charge in [0.2, 0.25) is 0 Å². The number of hydrogen-bond donors (Lipinski definition) is 1. The van der Waals surface area contributed by atoms with Crippen LogP contribution in [0.15, 0.2) is 35.7 Å². The van der Waals surface area contributed by atoms with Gasteiger partial charge in [-0.05, 0) is 19.8 Å². The second-order valence-corrected chi connectivity index (χ2v) is 6.46. The molecule has 2 aromatic rings. The zero-order chi connectivity index (χ0) is 13.8. The highest BCUT2D eigenvalue weighted by molar-refractivity contribution is 7.09. The highest BCUT2D eigenvalue weighted by Crippen LogP contribution is 2.24. The molecule has 106 valence electrons. The molecule has 1 fully saturated rings. The topological polar surface area (TPSA) is 34.2 Å². The molecule has 0 bridgehead atoms. The molecule has 0 aliphatic carbocycles. The molecule has 0 spiro atoms. The standard InChI is InChI=1S/C16H20N2OS/c1-16(7-9-19-10-8-16)17-11-15-18-14(12-20-15)13-5-3-2-4-6-13/h2-6,12,17H,7-11H2,1H3. The molecule has 1 N–H and O–H groups in total. The number of thiazole rings is 1. The van der Waals surface area contributed by atoms with Gasteiger partial charge in [0.15, 0.2) is 0 Å². The molecular weight excluding hydrogens is 268 g/mol. The van der Waals surface area contributed by atoms with Crippen molar-refractivity contribution in [3.05, 3.63) is 40.7 Å². The van der Waals surface area contributed by atoms with Gasteiger partial charge in [-0.1, -0.05) is 30.3 Å². The average molecular weight is 288 g/mol. The maximum atomic E-state index is 5.43. The second-order valence-electron chi connectivity index (χ2n) is 5.52. The molecule has 1 aliphatic rings. The Morgan fingerprint density at radius 3 is 2.75 bits per heavy atom. The Kier molecular flexibility index (Phi) is 4.15. The maximum absolute atomic E-state index is 5.43. The minimum atomic E-state index is 0.191. The molecule has 1 aromatic carbocycles. The first-order valence-corrected chi connectivity index (χ1v) is 7.96. The molecule has 0 saturated carbocycles. The predicted molar refractivity (Wildman–Crippen MR) is 82.8 cm³/mol. The van der Waals surface area contributed by atoms with Crippen LogP contribution in [0.2, 0.25) is 0 Å². The van der Waals surface area contributed by atoms with E-state index in [0.29, 0.717) is 0 Å². The van der Waals surface area contributed by atoms with Gasteiger partial charge in [0, 0.05) is 36.2 Å². The number of nitrogens with zero attached hydrogens (tertiary/aromatic N) is 1. The third-order valence-electron chi connectivity index (χ3n) is 3.88. The lowest BCUT2D eigenvalue weighted by atomic mass is 9.93. The molecule has 4 heteroatoms. The first-order chi connectivity index (χ1) is 9.75. The summed E-state index contributed by atoms with van der Waals surface area (Å²) in [7, 11) is 0. The van der Waals surface area contributed by atoms with Gasteiger partial charge < -0.3 is 10.1 Å². The Bertz CT molecular complexity index is 547. The monoisotopic (exact) mass is 288 g/mol. The molecule has 3 nitrogen and oxygen atoms in total. The van der Waals surface area contributed by atoms with Crippen LogP contribution >= 0.6 is 11.3 Å². The van der Waals surface area contributed by atoms with Crippen molar-refractivity contribution in [1.29, 1.82) is 0 Å². The molecule has 1 aliphatic heterocycles. The van der Waals surface area contributed by atoms with Crippen molar-refractivity contribution in [2.24, 2.45) is 0 Å². The van der Waals surface area contributed by atoms with Gasteiger partial charge in [-0.2, -0.15) is 0 Å². The number of ether oxygens (including phenoxy) is 1. The normalized spacial score (nSPS) is 18.1. The van der Waals surface area contributed by atoms with E-state index in [-0.39, 0.29) is 5.54 Å². The van der Waals surface area contributed by atoms with Crippen LogP contribution in [0.25, 0.3) is 11.3 Å². The van der Waals surface area contributed by atoms with Crippen LogP contribution in [0.3, 0.4) is 0 Å². The van der Waals surface area contributed by atoms with Gasteiger partial charge in [0.1, 0.15) is 5.01 Å². The van der Waals surface area contributed by atoms with E-state index in [1.807, 2.05) is 6.07 Å². The van der Waals surface area contributed by atoms with Gasteiger partial charge in [0.25, 0.3) is 0 Å². The Hall–Kier alpha value is -1.23. The lowest BCUT2D eigenvalue weighted by Gasteiger charge is -2.34. The van der Waals surface area contributed by atoms with E-state index in [4.69, 9.17) is 9.72 Å². The minimum Gasteiger partial charge on any atom is -0.381 e. The molecule has 3 rings (SSSR count). The first kappa shape index (κ1) is 13.7. The largest absolute Gasteiger partial charge is 0.381 e. The van der Waals surface area contributed by atoms with Crippen molar-refractivity contribution in [3.63, 3.8) is 0 Å². The first-order valence-electron chi connectivity index (χ1n) is 7.08. The van der Waals surface area contributed by atoms with Gasteiger partial charge >= 0.3 is 0 Å². The Balaban J connectivity index is 1.63. The summed E-state index contributed by atoms with van der Waals surface area (Å²) in [5.74, 6) is 0. The SMILES string of the molecule is CC1(NCc2nc(-c3ccccc3)cs2)CCOCC1. The van der Waals surface area contributed by atoms with Crippen molar-refractivity contribution < 1.29 is 4.74 Å². The summed E-state index contributed by atoms with van der Waals surface area (Å²) >= 11 is 1.73. The summed E-state index contributed by atoms with van der Waals surface area (Å²) in [6.45, 7) is 4.84. The van der Waals surface area contributed by atoms with Crippen LogP contribution in [-0.4, -0.2) is 23.7 Å². The summed E-state index contributed by atoms with van der Waals surface area (Å²) < 4.78 is 5.43. The number of benzene rings is 1. The van der Waals surface area contributed by atoms with E-state index in [1.165, 1.54) is 5.56 Å². The van der Waals surface area contributed by atoms with Crippen LogP contribution in [0.4, 0.5) is 0 Å². The average Bonchev–Trinajstić information content (AvgIpc) is 2.96. The smallest absolute Gasteiger partial charge is 0.107 e. The minimum absolute atomic E-state index is 0.191. The van der Waals surface area contributed by atoms with Crippen molar-refractivity contribution in [2.45, 2.75) is 31.8 Å². The maximum Gasteiger partial charge on any atom is 0.107 e. The molecule has 0 amide bonds. The zero-order valence-corrected chi connectivity index (χ0v) is 12.6. The Morgan fingerprint density at radius 2 is 2.00 bits per heavy atom. The van der Waals surface area contributed by atoms with Gasteiger partial charge in [-0.15, -0.1) is 11.3 Å². The van der Waals surface area contributed by atoms with E-state index in [2.05, 4.69) is 41.9 Å². The third-order valence-corrected chi connectivity index (χ3v) is 4.73. The van der Waals surface area contributed by atoms with E-state index >= 15 is 0 Å². The fourth-order valence-electron chi connectivity index (χ4n) is 2.42. The van der Waals surface area contributed by atoms with E-state index in [0.717, 1.165) is 43.3 Å². The summed E-state index contributed by atoms with van der Waals surface area (Å²) in [5.41, 5.74) is 2.45. The lowest BCUT2D eigenvalue weighted by molar-refractivity contribution is 0.0446. The van der Waals surface area contributed by atoms with Crippen molar-refractivity contribution in [3.8, 4) is 11.3 Å². The fourth-order valence-corrected chi connectivity index (χ4v) is 3.16. The van der Waals surface area contributed by atoms with E-state index in [1.54, 1.807) is 11.3 Å². The highest BCUT2D eigenvalue weighted by atomic mass is 32.1. The molecule has 0 radical (unpaired) electrons. The van der Waals surface area contributed by atoms with Crippen molar-refractivity contribution in [2.75, 3.05) is 13.2 Å². The molecule has 2 heterocycles. The summed E-state index contributed by atoms with van der Waals surface area (Å²) in [6, 6.07) is 10.3. The Labute approximate surface area is 124 Å². The Morgan fingerprint density at radius 1 is 1.25 bits per heavy atom. The number of rotatable bonds is 4. The van der Waals surface area contributed by atoms with Gasteiger partial charge in [-0.3, -0.25) is 0 Å². The number of hydrogen-bond acceptors (Lipinski definition) is 4. The fraction of sp³-hybridized carbons (Fsp3) is 0.438. The van der Waals surface area contributed by atoms with Crippen molar-refractivity contribution in [1.82, 2.24) is 10.3 Å². The summed E-state index contributed by atoms with van der Waals surface area (Å²) in [6.07, 6.45) is 2.15. The van der Waals surface area contributed by atoms with Gasteiger partial charge in [0.05, 0.1) is 5.69 Å². The van der Waals surface area contributed by atoms with E-state index in [9.17, 15) is 0 Å². The lowest BCUT2D eigenvalue weighted by Crippen LogP contribution is -2.46. The molecular formula is C16H20N2OS. The summed E-state index contributed by atoms with van der Waals surface area (Å²) in [5, 5.41) is 6.93. The molecule has 1 aromatic heterocycles. The zero-order valence-electron chi connectivity index (χ0n) is 11.8. The molecule has 0 atom stereocenters. The second kappa shape index (κ2) is 6.04. The predicted octanol–water partition coefficient (Wildman–Crippen LogP) is 3.47. The third kappa shape index (κ3) is 3.26. The highest BCUT2D eigenvalue weighted by Gasteiger charge is 2.26. The summed E-state index contributed by atoms with van der Waals surface area (Å²) in [4.78, 5) is 4.72. The van der Waals surface area contributed by atoms with Crippen LogP contribution in [0.5, 0.6) is 0 Å². The van der Waals surface area contributed by atoms with E-state index < -0.39 is 0 Å².